The number of esters is 1. The van der Waals surface area contributed by atoms with Crippen LogP contribution in [0.3, 0.4) is 0 Å². The van der Waals surface area contributed by atoms with E-state index in [0.717, 1.165) is 18.9 Å². The Morgan fingerprint density at radius 3 is 2.56 bits per heavy atom. The van der Waals surface area contributed by atoms with Crippen LogP contribution in [0.25, 0.3) is 0 Å². The molecule has 0 aliphatic heterocycles. The van der Waals surface area contributed by atoms with Gasteiger partial charge in [-0.05, 0) is 75.5 Å². The van der Waals surface area contributed by atoms with Gasteiger partial charge in [0.1, 0.15) is 18.3 Å². The normalized spacial score (nSPS) is 44.9. The summed E-state index contributed by atoms with van der Waals surface area (Å²) >= 11 is 0. The van der Waals surface area contributed by atoms with E-state index in [1.807, 2.05) is 0 Å². The largest absolute Gasteiger partial charge is 0.509 e. The van der Waals surface area contributed by atoms with Crippen LogP contribution in [0.15, 0.2) is 23.8 Å². The molecule has 212 valence electrons. The van der Waals surface area contributed by atoms with Crippen LogP contribution in [0.5, 0.6) is 0 Å². The summed E-state index contributed by atoms with van der Waals surface area (Å²) in [5, 5.41) is 20.6. The number of nitrogens with zero attached hydrogens (tertiary/aromatic N) is 1. The number of rotatable bonds is 4. The van der Waals surface area contributed by atoms with Crippen molar-refractivity contribution in [2.45, 2.75) is 95.4 Å². The standard InChI is InChI=1S/C29H35F2NO7/c1-16-12-19-20-14-22(30)21-13-17(33)8-9-26(21,2)28(20,31)23(34)15-27(19,3)29(16,24(35)37-11-10-32)39-25(36)38-18-6-4-5-7-18/h8-9,13,16,18-20,22-23,34H,4-7,11-12,14-15H2,1-3H3/t16-,19+,20+,22+,23+,26+,27+,28+,29+/m1/s1. The van der Waals surface area contributed by atoms with Gasteiger partial charge in [0.2, 0.25) is 5.60 Å². The van der Waals surface area contributed by atoms with Gasteiger partial charge in [-0.2, -0.15) is 5.26 Å². The van der Waals surface area contributed by atoms with E-state index in [2.05, 4.69) is 0 Å². The molecule has 39 heavy (non-hydrogen) atoms. The van der Waals surface area contributed by atoms with Gasteiger partial charge in [-0.25, -0.2) is 18.4 Å². The number of carbonyl (C=O) groups excluding carboxylic acids is 3. The second-order valence-electron chi connectivity index (χ2n) is 12.3. The number of allylic oxidation sites excluding steroid dienone is 4. The number of halogens is 2. The van der Waals surface area contributed by atoms with Gasteiger partial charge < -0.3 is 19.3 Å². The summed E-state index contributed by atoms with van der Waals surface area (Å²) in [6.45, 7) is 4.22. The fourth-order valence-corrected chi connectivity index (χ4v) is 8.72. The monoisotopic (exact) mass is 547 g/mol. The molecule has 0 unspecified atom stereocenters. The first-order valence-electron chi connectivity index (χ1n) is 13.7. The van der Waals surface area contributed by atoms with Gasteiger partial charge in [0.15, 0.2) is 18.1 Å². The van der Waals surface area contributed by atoms with Crippen LogP contribution in [0, 0.1) is 39.9 Å². The van der Waals surface area contributed by atoms with E-state index in [-0.39, 0.29) is 30.9 Å². The minimum absolute atomic E-state index is 0.00136. The molecule has 5 aliphatic carbocycles. The molecular formula is C29H35F2NO7. The summed E-state index contributed by atoms with van der Waals surface area (Å²) in [4.78, 5) is 38.8. The first kappa shape index (κ1) is 27.8. The Morgan fingerprint density at radius 1 is 1.21 bits per heavy atom. The first-order valence-corrected chi connectivity index (χ1v) is 13.7. The molecule has 0 spiro atoms. The molecule has 0 bridgehead atoms. The Bertz CT molecular complexity index is 1170. The summed E-state index contributed by atoms with van der Waals surface area (Å²) in [5.74, 6) is -3.88. The smallest absolute Gasteiger partial charge is 0.447 e. The minimum atomic E-state index is -2.35. The Hall–Kier alpha value is -2.80. The molecule has 5 aliphatic rings. The lowest BCUT2D eigenvalue weighted by atomic mass is 9.44. The zero-order valence-corrected chi connectivity index (χ0v) is 22.5. The number of aliphatic hydroxyl groups is 1. The quantitative estimate of drug-likeness (QED) is 0.512. The summed E-state index contributed by atoms with van der Waals surface area (Å²) in [5.41, 5.74) is -7.28. The molecule has 4 fully saturated rings. The number of hydrogen-bond donors (Lipinski definition) is 1. The van der Waals surface area contributed by atoms with Crippen molar-refractivity contribution < 1.29 is 42.5 Å². The predicted octanol–water partition coefficient (Wildman–Crippen LogP) is 4.45. The summed E-state index contributed by atoms with van der Waals surface area (Å²) in [6, 6.07) is 1.74. The third-order valence-corrected chi connectivity index (χ3v) is 10.5. The fraction of sp³-hybridized carbons (Fsp3) is 0.724. The van der Waals surface area contributed by atoms with Crippen LogP contribution < -0.4 is 0 Å². The van der Waals surface area contributed by atoms with E-state index < -0.39 is 76.6 Å². The highest BCUT2D eigenvalue weighted by Crippen LogP contribution is 2.71. The lowest BCUT2D eigenvalue weighted by Crippen LogP contribution is -2.71. The highest BCUT2D eigenvalue weighted by Gasteiger charge is 2.79. The average Bonchev–Trinajstić information content (AvgIpc) is 3.46. The summed E-state index contributed by atoms with van der Waals surface area (Å²) < 4.78 is 49.8. The molecule has 4 saturated carbocycles. The number of ketones is 1. The molecule has 1 N–H and O–H groups in total. The fourth-order valence-electron chi connectivity index (χ4n) is 8.72. The zero-order valence-electron chi connectivity index (χ0n) is 22.5. The lowest BCUT2D eigenvalue weighted by Gasteiger charge is -2.62. The van der Waals surface area contributed by atoms with Crippen molar-refractivity contribution in [2.24, 2.45) is 28.6 Å². The zero-order chi connectivity index (χ0) is 28.4. The summed E-state index contributed by atoms with van der Waals surface area (Å²) in [6.07, 6.45) is 1.63. The molecule has 0 aromatic heterocycles. The van der Waals surface area contributed by atoms with Crippen LogP contribution in [-0.2, 0) is 23.8 Å². The maximum atomic E-state index is 17.4. The highest BCUT2D eigenvalue weighted by molar-refractivity contribution is 6.01. The van der Waals surface area contributed by atoms with Crippen LogP contribution >= 0.6 is 0 Å². The Balaban J connectivity index is 1.57. The van der Waals surface area contributed by atoms with Crippen molar-refractivity contribution >= 4 is 17.9 Å². The molecule has 0 amide bonds. The number of ether oxygens (including phenoxy) is 3. The van der Waals surface area contributed by atoms with Crippen molar-refractivity contribution in [1.82, 2.24) is 0 Å². The topological polar surface area (TPSA) is 123 Å². The molecule has 0 saturated heterocycles. The maximum absolute atomic E-state index is 17.4. The molecule has 8 nitrogen and oxygen atoms in total. The number of aliphatic hydroxyl groups excluding tert-OH is 1. The Kier molecular flexibility index (Phi) is 6.69. The van der Waals surface area contributed by atoms with E-state index in [4.69, 9.17) is 19.5 Å². The predicted molar refractivity (Wildman–Crippen MR) is 132 cm³/mol. The second kappa shape index (κ2) is 9.39. The van der Waals surface area contributed by atoms with Crippen LogP contribution in [0.4, 0.5) is 13.6 Å². The van der Waals surface area contributed by atoms with Crippen LogP contribution in [-0.4, -0.2) is 59.3 Å². The van der Waals surface area contributed by atoms with Crippen molar-refractivity contribution in [1.29, 1.82) is 5.26 Å². The van der Waals surface area contributed by atoms with Crippen LogP contribution in [0.1, 0.15) is 65.7 Å². The molecule has 9 atom stereocenters. The lowest BCUT2D eigenvalue weighted by molar-refractivity contribution is -0.233. The van der Waals surface area contributed by atoms with Gasteiger partial charge in [-0.3, -0.25) is 4.79 Å². The van der Waals surface area contributed by atoms with E-state index in [1.54, 1.807) is 19.9 Å². The SMILES string of the molecule is C[C@@H]1C[C@H]2[C@@H]3C[C@H](F)C4=CC(=O)C=C[C@]4(C)[C@@]3(F)[C@@H](O)C[C@]2(C)[C@@]1(OC(=O)OC1CCCC1)C(=O)OCC#N. The third-order valence-electron chi connectivity index (χ3n) is 10.5. The first-order chi connectivity index (χ1) is 18.3. The average molecular weight is 548 g/mol. The number of fused-ring (bicyclic) bond motifs is 5. The van der Waals surface area contributed by atoms with Gasteiger partial charge in [0.25, 0.3) is 0 Å². The molecule has 0 radical (unpaired) electrons. The Morgan fingerprint density at radius 2 is 1.90 bits per heavy atom. The number of hydrogen-bond acceptors (Lipinski definition) is 8. The van der Waals surface area contributed by atoms with Crippen molar-refractivity contribution in [3.05, 3.63) is 23.8 Å². The van der Waals surface area contributed by atoms with E-state index in [0.29, 0.717) is 12.8 Å². The molecule has 0 heterocycles. The molecule has 10 heteroatoms. The van der Waals surface area contributed by atoms with E-state index >= 15 is 8.78 Å². The van der Waals surface area contributed by atoms with Gasteiger partial charge in [-0.15, -0.1) is 0 Å². The number of carbonyl (C=O) groups is 3. The Labute approximate surface area is 226 Å². The van der Waals surface area contributed by atoms with Gasteiger partial charge >= 0.3 is 12.1 Å². The second-order valence-corrected chi connectivity index (χ2v) is 12.3. The number of nitriles is 1. The highest BCUT2D eigenvalue weighted by atomic mass is 19.1. The van der Waals surface area contributed by atoms with Gasteiger partial charge in [0, 0.05) is 22.7 Å². The third kappa shape index (κ3) is 3.71. The minimum Gasteiger partial charge on any atom is -0.447 e. The van der Waals surface area contributed by atoms with E-state index in [9.17, 15) is 19.5 Å². The van der Waals surface area contributed by atoms with Crippen molar-refractivity contribution in [3.8, 4) is 6.07 Å². The van der Waals surface area contributed by atoms with Crippen LogP contribution in [0.2, 0.25) is 0 Å². The van der Waals surface area contributed by atoms with Gasteiger partial charge in [-0.1, -0.05) is 19.9 Å². The summed E-state index contributed by atoms with van der Waals surface area (Å²) in [7, 11) is 0. The molecule has 5 rings (SSSR count). The van der Waals surface area contributed by atoms with Crippen molar-refractivity contribution in [3.63, 3.8) is 0 Å². The van der Waals surface area contributed by atoms with Crippen molar-refractivity contribution in [2.75, 3.05) is 6.61 Å². The molecular weight excluding hydrogens is 512 g/mol. The molecule has 0 aromatic carbocycles. The van der Waals surface area contributed by atoms with E-state index in [1.165, 1.54) is 19.1 Å². The van der Waals surface area contributed by atoms with Gasteiger partial charge in [0.05, 0.1) is 6.10 Å². The molecule has 0 aromatic rings. The number of alkyl halides is 2. The maximum Gasteiger partial charge on any atom is 0.509 e.